The summed E-state index contributed by atoms with van der Waals surface area (Å²) in [5.41, 5.74) is -0.883. The number of carbonyl (C=O) groups is 1. The van der Waals surface area contributed by atoms with Crippen molar-refractivity contribution in [3.05, 3.63) is 57.0 Å². The smallest absolute Gasteiger partial charge is 0.356 e. The van der Waals surface area contributed by atoms with E-state index in [0.717, 1.165) is 12.1 Å². The molecule has 0 saturated heterocycles. The molecule has 0 atom stereocenters. The van der Waals surface area contributed by atoms with Crippen LogP contribution in [0.1, 0.15) is 10.5 Å². The van der Waals surface area contributed by atoms with Gasteiger partial charge in [-0.15, -0.1) is 0 Å². The molecule has 1 N–H and O–H groups in total. The zero-order valence-corrected chi connectivity index (χ0v) is 10.9. The summed E-state index contributed by atoms with van der Waals surface area (Å²) in [4.78, 5) is 24.2. The van der Waals surface area contributed by atoms with Crippen molar-refractivity contribution in [3.8, 4) is 11.6 Å². The van der Waals surface area contributed by atoms with Crippen LogP contribution in [0.25, 0.3) is 0 Å². The van der Waals surface area contributed by atoms with Gasteiger partial charge in [0.1, 0.15) is 0 Å². The first-order chi connectivity index (χ1) is 9.88. The van der Waals surface area contributed by atoms with Gasteiger partial charge in [0.2, 0.25) is 5.88 Å². The van der Waals surface area contributed by atoms with Gasteiger partial charge in [-0.05, 0) is 12.1 Å². The summed E-state index contributed by atoms with van der Waals surface area (Å²) in [7, 11) is 0. The minimum absolute atomic E-state index is 0.0981. The Morgan fingerprint density at radius 3 is 2.67 bits per heavy atom. The molecule has 0 saturated carbocycles. The SMILES string of the molecule is O=C(O)c1nc(Oc2ccc([N+](=O)[O-])cc2F)ccc1Cl. The molecule has 1 heterocycles. The maximum Gasteiger partial charge on any atom is 0.356 e. The first-order valence-corrected chi connectivity index (χ1v) is 5.78. The van der Waals surface area contributed by atoms with E-state index in [0.29, 0.717) is 6.07 Å². The molecule has 0 fully saturated rings. The summed E-state index contributed by atoms with van der Waals surface area (Å²) in [6.07, 6.45) is 0. The van der Waals surface area contributed by atoms with E-state index in [9.17, 15) is 19.3 Å². The lowest BCUT2D eigenvalue weighted by Crippen LogP contribution is -2.02. The number of pyridine rings is 1. The van der Waals surface area contributed by atoms with E-state index in [4.69, 9.17) is 21.4 Å². The number of halogens is 2. The van der Waals surface area contributed by atoms with Crippen LogP contribution in [0.3, 0.4) is 0 Å². The van der Waals surface area contributed by atoms with Crippen molar-refractivity contribution in [1.29, 1.82) is 0 Å². The summed E-state index contributed by atoms with van der Waals surface area (Å²) in [6.45, 7) is 0. The second-order valence-electron chi connectivity index (χ2n) is 3.76. The van der Waals surface area contributed by atoms with Crippen LogP contribution in [0.4, 0.5) is 10.1 Å². The first-order valence-electron chi connectivity index (χ1n) is 5.40. The van der Waals surface area contributed by atoms with E-state index >= 15 is 0 Å². The van der Waals surface area contributed by atoms with Crippen LogP contribution in [0.15, 0.2) is 30.3 Å². The van der Waals surface area contributed by atoms with Gasteiger partial charge >= 0.3 is 5.97 Å². The molecule has 0 aliphatic carbocycles. The molecule has 0 aliphatic heterocycles. The molecule has 1 aromatic carbocycles. The Bertz CT molecular complexity index is 738. The summed E-state index contributed by atoms with van der Waals surface area (Å²) in [5, 5.41) is 19.2. The minimum Gasteiger partial charge on any atom is -0.476 e. The van der Waals surface area contributed by atoms with E-state index in [2.05, 4.69) is 4.98 Å². The van der Waals surface area contributed by atoms with Crippen LogP contribution in [-0.2, 0) is 0 Å². The van der Waals surface area contributed by atoms with Crippen LogP contribution in [0, 0.1) is 15.9 Å². The number of benzene rings is 1. The van der Waals surface area contributed by atoms with Crippen molar-refractivity contribution in [2.45, 2.75) is 0 Å². The van der Waals surface area contributed by atoms with Gasteiger partial charge in [0.15, 0.2) is 17.3 Å². The zero-order chi connectivity index (χ0) is 15.6. The predicted octanol–water partition coefficient (Wildman–Crippen LogP) is 3.27. The average molecular weight is 313 g/mol. The summed E-state index contributed by atoms with van der Waals surface area (Å²) in [5.74, 6) is -2.87. The zero-order valence-electron chi connectivity index (χ0n) is 10.1. The van der Waals surface area contributed by atoms with Gasteiger partial charge in [-0.3, -0.25) is 10.1 Å². The van der Waals surface area contributed by atoms with Crippen molar-refractivity contribution < 1.29 is 24.0 Å². The molecule has 0 spiro atoms. The largest absolute Gasteiger partial charge is 0.476 e. The fraction of sp³-hybridized carbons (Fsp3) is 0. The Morgan fingerprint density at radius 1 is 1.38 bits per heavy atom. The van der Waals surface area contributed by atoms with E-state index in [1.54, 1.807) is 0 Å². The van der Waals surface area contributed by atoms with E-state index < -0.39 is 28.1 Å². The highest BCUT2D eigenvalue weighted by Gasteiger charge is 2.15. The number of aromatic carboxylic acids is 1. The van der Waals surface area contributed by atoms with Crippen molar-refractivity contribution >= 4 is 23.3 Å². The lowest BCUT2D eigenvalue weighted by Gasteiger charge is -2.07. The Balaban J connectivity index is 2.32. The molecular weight excluding hydrogens is 307 g/mol. The predicted molar refractivity (Wildman–Crippen MR) is 69.3 cm³/mol. The molecule has 0 unspecified atom stereocenters. The van der Waals surface area contributed by atoms with Crippen LogP contribution in [0.5, 0.6) is 11.6 Å². The number of nitro benzene ring substituents is 1. The van der Waals surface area contributed by atoms with Crippen LogP contribution in [0.2, 0.25) is 5.02 Å². The van der Waals surface area contributed by atoms with E-state index in [1.807, 2.05) is 0 Å². The quantitative estimate of drug-likeness (QED) is 0.686. The van der Waals surface area contributed by atoms with Crippen LogP contribution >= 0.6 is 11.6 Å². The molecule has 108 valence electrons. The molecule has 2 rings (SSSR count). The number of nitrogens with zero attached hydrogens (tertiary/aromatic N) is 2. The molecular formula is C12H6ClFN2O5. The fourth-order valence-corrected chi connectivity index (χ4v) is 1.62. The number of carboxylic acids is 1. The van der Waals surface area contributed by atoms with Crippen molar-refractivity contribution in [3.63, 3.8) is 0 Å². The molecule has 2 aromatic rings. The average Bonchev–Trinajstić information content (AvgIpc) is 2.42. The molecule has 0 radical (unpaired) electrons. The highest BCUT2D eigenvalue weighted by molar-refractivity contribution is 6.33. The maximum absolute atomic E-state index is 13.6. The standard InChI is InChI=1S/C12H6ClFN2O5/c13-7-2-4-10(15-11(7)12(17)18)21-9-3-1-6(16(19)20)5-8(9)14/h1-5H,(H,17,18). The lowest BCUT2D eigenvalue weighted by molar-refractivity contribution is -0.385. The third-order valence-electron chi connectivity index (χ3n) is 2.36. The second-order valence-corrected chi connectivity index (χ2v) is 4.17. The van der Waals surface area contributed by atoms with Gasteiger partial charge in [0.05, 0.1) is 16.0 Å². The summed E-state index contributed by atoms with van der Waals surface area (Å²) < 4.78 is 18.7. The minimum atomic E-state index is -1.37. The van der Waals surface area contributed by atoms with Gasteiger partial charge in [-0.2, -0.15) is 0 Å². The molecule has 0 bridgehead atoms. The van der Waals surface area contributed by atoms with Crippen LogP contribution < -0.4 is 4.74 Å². The van der Waals surface area contributed by atoms with Gasteiger partial charge in [-0.25, -0.2) is 14.2 Å². The molecule has 0 aliphatic rings. The number of rotatable bonds is 4. The number of non-ortho nitro benzene ring substituents is 1. The molecule has 0 amide bonds. The van der Waals surface area contributed by atoms with Crippen molar-refractivity contribution in [1.82, 2.24) is 4.98 Å². The fourth-order valence-electron chi connectivity index (χ4n) is 1.43. The van der Waals surface area contributed by atoms with E-state index in [1.165, 1.54) is 12.1 Å². The number of hydrogen-bond donors (Lipinski definition) is 1. The van der Waals surface area contributed by atoms with Crippen molar-refractivity contribution in [2.75, 3.05) is 0 Å². The second kappa shape index (κ2) is 5.71. The Hall–Kier alpha value is -2.74. The highest BCUT2D eigenvalue weighted by Crippen LogP contribution is 2.27. The lowest BCUT2D eigenvalue weighted by atomic mass is 10.3. The molecule has 9 heteroatoms. The first kappa shape index (κ1) is 14.7. The number of hydrogen-bond acceptors (Lipinski definition) is 5. The normalized spacial score (nSPS) is 10.2. The highest BCUT2D eigenvalue weighted by atomic mass is 35.5. The topological polar surface area (TPSA) is 103 Å². The Labute approximate surface area is 121 Å². The summed E-state index contributed by atoms with van der Waals surface area (Å²) in [6, 6.07) is 5.26. The number of carboxylic acid groups (broad SMARTS) is 1. The van der Waals surface area contributed by atoms with Crippen molar-refractivity contribution in [2.24, 2.45) is 0 Å². The van der Waals surface area contributed by atoms with E-state index in [-0.39, 0.29) is 16.7 Å². The molecule has 21 heavy (non-hydrogen) atoms. The van der Waals surface area contributed by atoms with Crippen LogP contribution in [-0.4, -0.2) is 21.0 Å². The summed E-state index contributed by atoms with van der Waals surface area (Å²) >= 11 is 5.63. The third-order valence-corrected chi connectivity index (χ3v) is 2.67. The number of ether oxygens (including phenoxy) is 1. The van der Waals surface area contributed by atoms with Gasteiger partial charge in [-0.1, -0.05) is 11.6 Å². The molecule has 7 nitrogen and oxygen atoms in total. The Morgan fingerprint density at radius 2 is 2.10 bits per heavy atom. The maximum atomic E-state index is 13.6. The third kappa shape index (κ3) is 3.23. The van der Waals surface area contributed by atoms with Gasteiger partial charge in [0.25, 0.3) is 5.69 Å². The number of aromatic nitrogens is 1. The molecule has 1 aromatic heterocycles. The Kier molecular flexibility index (Phi) is 3.99. The van der Waals surface area contributed by atoms with Gasteiger partial charge in [0, 0.05) is 12.1 Å². The monoisotopic (exact) mass is 312 g/mol. The van der Waals surface area contributed by atoms with Gasteiger partial charge < -0.3 is 9.84 Å². The number of nitro groups is 1.